The molecule has 0 aliphatic rings. The maximum Gasteiger partial charge on any atom is 0.243 e. The molecule has 0 aliphatic carbocycles. The maximum absolute atomic E-state index is 11.3. The Morgan fingerprint density at radius 3 is 2.79 bits per heavy atom. The van der Waals surface area contributed by atoms with E-state index in [1.54, 1.807) is 0 Å². The van der Waals surface area contributed by atoms with Crippen molar-refractivity contribution in [3.63, 3.8) is 0 Å². The fourth-order valence-electron chi connectivity index (χ4n) is 3.31. The summed E-state index contributed by atoms with van der Waals surface area (Å²) < 4.78 is 8.21. The molecule has 0 saturated heterocycles. The van der Waals surface area contributed by atoms with Crippen LogP contribution >= 0.6 is 0 Å². The standard InChI is InChI=1S/C24H29N3O2/c1-4-24(28)25-14-7-11-23-26-21-9-5-6-10-22(21)27(23)15-8-16-29-20-13-12-18(2)19(3)17-20/h4-6,9-10,12-13,17H,1,7-8,11,14-16H2,2-3H3,(H,25,28). The van der Waals surface area contributed by atoms with Gasteiger partial charge in [0.25, 0.3) is 0 Å². The molecule has 29 heavy (non-hydrogen) atoms. The van der Waals surface area contributed by atoms with E-state index in [4.69, 9.17) is 9.72 Å². The van der Waals surface area contributed by atoms with E-state index in [1.807, 2.05) is 24.3 Å². The van der Waals surface area contributed by atoms with Gasteiger partial charge in [-0.15, -0.1) is 0 Å². The summed E-state index contributed by atoms with van der Waals surface area (Å²) in [5.74, 6) is 1.83. The lowest BCUT2D eigenvalue weighted by atomic mass is 10.1. The van der Waals surface area contributed by atoms with Gasteiger partial charge in [-0.2, -0.15) is 0 Å². The van der Waals surface area contributed by atoms with Crippen LogP contribution < -0.4 is 10.1 Å². The molecule has 5 heteroatoms. The van der Waals surface area contributed by atoms with E-state index >= 15 is 0 Å². The van der Waals surface area contributed by atoms with Gasteiger partial charge in [-0.3, -0.25) is 4.79 Å². The summed E-state index contributed by atoms with van der Waals surface area (Å²) in [7, 11) is 0. The van der Waals surface area contributed by atoms with Crippen molar-refractivity contribution in [2.24, 2.45) is 0 Å². The molecule has 3 aromatic rings. The molecule has 0 unspecified atom stereocenters. The van der Waals surface area contributed by atoms with Gasteiger partial charge in [-0.1, -0.05) is 24.8 Å². The van der Waals surface area contributed by atoms with Crippen molar-refractivity contribution in [2.75, 3.05) is 13.2 Å². The maximum atomic E-state index is 11.3. The number of carbonyl (C=O) groups excluding carboxylic acids is 1. The first-order chi connectivity index (χ1) is 14.1. The molecule has 0 radical (unpaired) electrons. The van der Waals surface area contributed by atoms with E-state index in [-0.39, 0.29) is 5.91 Å². The third-order valence-electron chi connectivity index (χ3n) is 5.07. The number of imidazole rings is 1. The topological polar surface area (TPSA) is 56.2 Å². The lowest BCUT2D eigenvalue weighted by Crippen LogP contribution is -2.22. The molecule has 3 rings (SSSR count). The van der Waals surface area contributed by atoms with Crippen LogP contribution in [0.25, 0.3) is 11.0 Å². The Kier molecular flexibility index (Phi) is 7.06. The Hall–Kier alpha value is -3.08. The third-order valence-corrected chi connectivity index (χ3v) is 5.07. The quantitative estimate of drug-likeness (QED) is 0.413. The van der Waals surface area contributed by atoms with Crippen LogP contribution in [0, 0.1) is 13.8 Å². The van der Waals surface area contributed by atoms with Crippen LogP contribution in [0.1, 0.15) is 29.8 Å². The summed E-state index contributed by atoms with van der Waals surface area (Å²) in [4.78, 5) is 16.1. The monoisotopic (exact) mass is 391 g/mol. The van der Waals surface area contributed by atoms with Gasteiger partial charge in [-0.25, -0.2) is 4.98 Å². The second-order valence-electron chi connectivity index (χ2n) is 7.22. The molecule has 0 spiro atoms. The third kappa shape index (κ3) is 5.47. The Balaban J connectivity index is 1.60. The van der Waals surface area contributed by atoms with Gasteiger partial charge in [0.2, 0.25) is 5.91 Å². The number of aromatic nitrogens is 2. The summed E-state index contributed by atoms with van der Waals surface area (Å²) in [6.07, 6.45) is 3.84. The van der Waals surface area contributed by atoms with Crippen molar-refractivity contribution in [3.05, 3.63) is 72.1 Å². The average Bonchev–Trinajstić information content (AvgIpc) is 3.08. The second kappa shape index (κ2) is 9.92. The number of rotatable bonds is 10. The number of hydrogen-bond donors (Lipinski definition) is 1. The zero-order chi connectivity index (χ0) is 20.6. The Morgan fingerprint density at radius 2 is 2.00 bits per heavy atom. The highest BCUT2D eigenvalue weighted by atomic mass is 16.5. The molecule has 1 aromatic heterocycles. The Morgan fingerprint density at radius 1 is 1.17 bits per heavy atom. The predicted molar refractivity (Wildman–Crippen MR) is 117 cm³/mol. The molecule has 2 aromatic carbocycles. The Labute approximate surface area is 172 Å². The molecule has 0 aliphatic heterocycles. The summed E-state index contributed by atoms with van der Waals surface area (Å²) in [5, 5.41) is 2.82. The SMILES string of the molecule is C=CC(=O)NCCCc1nc2ccccc2n1CCCOc1ccc(C)c(C)c1. The molecular formula is C24H29N3O2. The van der Waals surface area contributed by atoms with Crippen LogP contribution in [0.5, 0.6) is 5.75 Å². The molecule has 5 nitrogen and oxygen atoms in total. The Bertz CT molecular complexity index is 991. The molecule has 152 valence electrons. The van der Waals surface area contributed by atoms with Crippen LogP contribution in [-0.4, -0.2) is 28.6 Å². The van der Waals surface area contributed by atoms with Crippen molar-refractivity contribution >= 4 is 16.9 Å². The van der Waals surface area contributed by atoms with Gasteiger partial charge in [-0.05, 0) is 68.2 Å². The number of hydrogen-bond acceptors (Lipinski definition) is 3. The first kappa shape index (κ1) is 20.6. The van der Waals surface area contributed by atoms with E-state index in [0.717, 1.165) is 48.4 Å². The zero-order valence-corrected chi connectivity index (χ0v) is 17.3. The molecule has 0 bridgehead atoms. The minimum absolute atomic E-state index is 0.137. The van der Waals surface area contributed by atoms with E-state index in [1.165, 1.54) is 17.2 Å². The van der Waals surface area contributed by atoms with Gasteiger partial charge in [0.15, 0.2) is 0 Å². The number of benzene rings is 2. The smallest absolute Gasteiger partial charge is 0.243 e. The number of amides is 1. The molecule has 0 fully saturated rings. The highest BCUT2D eigenvalue weighted by Gasteiger charge is 2.10. The van der Waals surface area contributed by atoms with Gasteiger partial charge in [0, 0.05) is 19.5 Å². The number of para-hydroxylation sites is 2. The summed E-state index contributed by atoms with van der Waals surface area (Å²) in [6, 6.07) is 14.4. The first-order valence-corrected chi connectivity index (χ1v) is 10.1. The fraction of sp³-hybridized carbons (Fsp3) is 0.333. The molecule has 1 N–H and O–H groups in total. The van der Waals surface area contributed by atoms with E-state index in [2.05, 4.69) is 48.5 Å². The number of carbonyl (C=O) groups is 1. The summed E-state index contributed by atoms with van der Waals surface area (Å²) in [6.45, 7) is 9.80. The number of fused-ring (bicyclic) bond motifs is 1. The molecule has 1 amide bonds. The van der Waals surface area contributed by atoms with Crippen LogP contribution in [0.2, 0.25) is 0 Å². The minimum Gasteiger partial charge on any atom is -0.494 e. The average molecular weight is 392 g/mol. The van der Waals surface area contributed by atoms with Crippen LogP contribution in [0.4, 0.5) is 0 Å². The predicted octanol–water partition coefficient (Wildman–Crippen LogP) is 4.36. The van der Waals surface area contributed by atoms with Crippen LogP contribution in [0.3, 0.4) is 0 Å². The zero-order valence-electron chi connectivity index (χ0n) is 17.3. The van der Waals surface area contributed by atoms with Gasteiger partial charge < -0.3 is 14.6 Å². The molecular weight excluding hydrogens is 362 g/mol. The van der Waals surface area contributed by atoms with Crippen molar-refractivity contribution in [1.82, 2.24) is 14.9 Å². The van der Waals surface area contributed by atoms with Crippen molar-refractivity contribution < 1.29 is 9.53 Å². The fourth-order valence-corrected chi connectivity index (χ4v) is 3.31. The number of aryl methyl sites for hydroxylation is 4. The van der Waals surface area contributed by atoms with E-state index in [9.17, 15) is 4.79 Å². The van der Waals surface area contributed by atoms with Gasteiger partial charge >= 0.3 is 0 Å². The van der Waals surface area contributed by atoms with E-state index in [0.29, 0.717) is 13.2 Å². The lowest BCUT2D eigenvalue weighted by molar-refractivity contribution is -0.116. The van der Waals surface area contributed by atoms with Crippen molar-refractivity contribution in [1.29, 1.82) is 0 Å². The minimum atomic E-state index is -0.137. The van der Waals surface area contributed by atoms with Crippen molar-refractivity contribution in [2.45, 2.75) is 39.7 Å². The number of ether oxygens (including phenoxy) is 1. The van der Waals surface area contributed by atoms with E-state index < -0.39 is 0 Å². The molecule has 0 atom stereocenters. The second-order valence-corrected chi connectivity index (χ2v) is 7.22. The van der Waals surface area contributed by atoms with Gasteiger partial charge in [0.05, 0.1) is 17.6 Å². The number of nitrogens with one attached hydrogen (secondary N) is 1. The highest BCUT2D eigenvalue weighted by Crippen LogP contribution is 2.19. The van der Waals surface area contributed by atoms with Crippen LogP contribution in [0.15, 0.2) is 55.1 Å². The summed E-state index contributed by atoms with van der Waals surface area (Å²) >= 11 is 0. The largest absolute Gasteiger partial charge is 0.494 e. The highest BCUT2D eigenvalue weighted by molar-refractivity contribution is 5.86. The normalized spacial score (nSPS) is 10.8. The number of nitrogens with zero attached hydrogens (tertiary/aromatic N) is 2. The first-order valence-electron chi connectivity index (χ1n) is 10.1. The van der Waals surface area contributed by atoms with Gasteiger partial charge in [0.1, 0.15) is 11.6 Å². The molecule has 0 saturated carbocycles. The summed E-state index contributed by atoms with van der Waals surface area (Å²) in [5.41, 5.74) is 4.67. The van der Waals surface area contributed by atoms with Crippen LogP contribution in [-0.2, 0) is 17.8 Å². The van der Waals surface area contributed by atoms with Crippen molar-refractivity contribution in [3.8, 4) is 5.75 Å². The molecule has 1 heterocycles. The lowest BCUT2D eigenvalue weighted by Gasteiger charge is -2.11.